The molecular formula is C14H11N3O4. The fourth-order valence-electron chi connectivity index (χ4n) is 1.57. The monoisotopic (exact) mass is 285 g/mol. The number of phenols is 1. The van der Waals surface area contributed by atoms with E-state index in [-0.39, 0.29) is 11.3 Å². The highest BCUT2D eigenvalue weighted by Crippen LogP contribution is 2.25. The number of amides is 1. The lowest BCUT2D eigenvalue weighted by molar-refractivity contribution is -0.105. The summed E-state index contributed by atoms with van der Waals surface area (Å²) in [6.45, 7) is 0. The Morgan fingerprint density at radius 2 is 1.67 bits per heavy atom. The van der Waals surface area contributed by atoms with E-state index in [4.69, 9.17) is 5.11 Å². The summed E-state index contributed by atoms with van der Waals surface area (Å²) in [5.41, 5.74) is 1.23. The van der Waals surface area contributed by atoms with Crippen LogP contribution in [0, 0.1) is 0 Å². The highest BCUT2D eigenvalue weighted by molar-refractivity contribution is 5.91. The largest absolute Gasteiger partial charge is 0.507 e. The zero-order valence-corrected chi connectivity index (χ0v) is 10.7. The molecule has 0 atom stereocenters. The quantitative estimate of drug-likeness (QED) is 0.579. The molecule has 0 saturated heterocycles. The van der Waals surface area contributed by atoms with Gasteiger partial charge >= 0.3 is 5.97 Å². The summed E-state index contributed by atoms with van der Waals surface area (Å²) < 4.78 is 0. The number of carbonyl (C=O) groups is 2. The van der Waals surface area contributed by atoms with Crippen LogP contribution >= 0.6 is 0 Å². The van der Waals surface area contributed by atoms with Crippen molar-refractivity contribution >= 4 is 29.4 Å². The maximum absolute atomic E-state index is 10.9. The van der Waals surface area contributed by atoms with Gasteiger partial charge in [0, 0.05) is 5.69 Å². The lowest BCUT2D eigenvalue weighted by Gasteiger charge is -2.00. The Kier molecular flexibility index (Phi) is 4.25. The summed E-state index contributed by atoms with van der Waals surface area (Å²) in [6.07, 6.45) is 0.570. The molecule has 21 heavy (non-hydrogen) atoms. The summed E-state index contributed by atoms with van der Waals surface area (Å²) in [4.78, 5) is 21.1. The topological polar surface area (TPSA) is 111 Å². The van der Waals surface area contributed by atoms with E-state index < -0.39 is 5.97 Å². The Labute approximate surface area is 119 Å². The van der Waals surface area contributed by atoms with E-state index in [1.165, 1.54) is 18.2 Å². The predicted octanol–water partition coefficient (Wildman–Crippen LogP) is 3.07. The van der Waals surface area contributed by atoms with Gasteiger partial charge in [0.1, 0.15) is 11.3 Å². The summed E-state index contributed by atoms with van der Waals surface area (Å²) in [7, 11) is 0. The molecule has 0 aliphatic rings. The van der Waals surface area contributed by atoms with Crippen LogP contribution in [-0.2, 0) is 4.79 Å². The van der Waals surface area contributed by atoms with E-state index in [9.17, 15) is 14.7 Å². The maximum Gasteiger partial charge on any atom is 0.339 e. The van der Waals surface area contributed by atoms with Gasteiger partial charge in [-0.2, -0.15) is 10.2 Å². The number of nitrogens with one attached hydrogen (secondary N) is 1. The molecule has 2 rings (SSSR count). The van der Waals surface area contributed by atoms with Crippen LogP contribution in [0.2, 0.25) is 0 Å². The summed E-state index contributed by atoms with van der Waals surface area (Å²) >= 11 is 0. The molecule has 0 unspecified atom stereocenters. The number of hydrogen-bond donors (Lipinski definition) is 3. The molecule has 106 valence electrons. The highest BCUT2D eigenvalue weighted by Gasteiger charge is 2.09. The number of carboxylic acid groups (broad SMARTS) is 1. The van der Waals surface area contributed by atoms with Crippen molar-refractivity contribution in [3.05, 3.63) is 48.0 Å². The Morgan fingerprint density at radius 3 is 2.29 bits per heavy atom. The molecule has 0 radical (unpaired) electrons. The molecule has 3 N–H and O–H groups in total. The molecule has 2 aromatic rings. The van der Waals surface area contributed by atoms with Crippen LogP contribution in [-0.4, -0.2) is 22.6 Å². The zero-order chi connectivity index (χ0) is 15.2. The van der Waals surface area contributed by atoms with Crippen LogP contribution in [0.1, 0.15) is 10.4 Å². The number of carboxylic acids is 1. The average Bonchev–Trinajstić information content (AvgIpc) is 2.48. The molecule has 0 heterocycles. The number of benzene rings is 2. The van der Waals surface area contributed by atoms with Gasteiger partial charge in [-0.1, -0.05) is 0 Å². The Hall–Kier alpha value is -3.22. The lowest BCUT2D eigenvalue weighted by Crippen LogP contribution is -1.95. The zero-order valence-electron chi connectivity index (χ0n) is 10.7. The van der Waals surface area contributed by atoms with Gasteiger partial charge < -0.3 is 15.5 Å². The number of azo groups is 1. The highest BCUT2D eigenvalue weighted by atomic mass is 16.4. The summed E-state index contributed by atoms with van der Waals surface area (Å²) in [6, 6.07) is 10.5. The first kappa shape index (κ1) is 14.2. The van der Waals surface area contributed by atoms with Gasteiger partial charge in [0.05, 0.1) is 11.4 Å². The number of anilines is 1. The first-order valence-electron chi connectivity index (χ1n) is 5.88. The first-order valence-corrected chi connectivity index (χ1v) is 5.88. The second-order valence-electron chi connectivity index (χ2n) is 4.02. The third-order valence-electron chi connectivity index (χ3n) is 2.58. The number of carbonyl (C=O) groups excluding carboxylic acids is 1. The van der Waals surface area contributed by atoms with E-state index in [1.54, 1.807) is 24.3 Å². The van der Waals surface area contributed by atoms with Crippen LogP contribution in [0.5, 0.6) is 5.75 Å². The van der Waals surface area contributed by atoms with Crippen molar-refractivity contribution in [3.8, 4) is 5.75 Å². The maximum atomic E-state index is 10.9. The molecule has 7 nitrogen and oxygen atoms in total. The third-order valence-corrected chi connectivity index (χ3v) is 2.58. The van der Waals surface area contributed by atoms with Gasteiger partial charge in [0.25, 0.3) is 0 Å². The van der Waals surface area contributed by atoms with Crippen molar-refractivity contribution in [2.45, 2.75) is 0 Å². The summed E-state index contributed by atoms with van der Waals surface area (Å²) in [5, 5.41) is 28.6. The number of hydrogen-bond acceptors (Lipinski definition) is 5. The molecule has 7 heteroatoms. The standard InChI is InChI=1S/C14H11N3O4/c18-8-15-9-1-3-10(4-2-9)16-17-11-5-6-13(19)12(7-11)14(20)21/h1-8,19H,(H,15,18)(H,20,21). The van der Waals surface area contributed by atoms with Crippen molar-refractivity contribution in [2.24, 2.45) is 10.2 Å². The molecule has 0 saturated carbocycles. The van der Waals surface area contributed by atoms with Gasteiger partial charge in [0.15, 0.2) is 0 Å². The lowest BCUT2D eigenvalue weighted by atomic mass is 10.2. The minimum Gasteiger partial charge on any atom is -0.507 e. The number of aromatic hydroxyl groups is 1. The van der Waals surface area contributed by atoms with Gasteiger partial charge in [0.2, 0.25) is 6.41 Å². The van der Waals surface area contributed by atoms with Gasteiger partial charge in [-0.25, -0.2) is 4.79 Å². The molecule has 0 aliphatic heterocycles. The average molecular weight is 285 g/mol. The van der Waals surface area contributed by atoms with Crippen molar-refractivity contribution in [3.63, 3.8) is 0 Å². The van der Waals surface area contributed by atoms with Crippen LogP contribution in [0.15, 0.2) is 52.7 Å². The van der Waals surface area contributed by atoms with E-state index >= 15 is 0 Å². The summed E-state index contributed by atoms with van der Waals surface area (Å²) in [5.74, 6) is -1.57. The second kappa shape index (κ2) is 6.29. The van der Waals surface area contributed by atoms with Crippen LogP contribution in [0.25, 0.3) is 0 Å². The van der Waals surface area contributed by atoms with E-state index in [0.29, 0.717) is 23.5 Å². The van der Waals surface area contributed by atoms with E-state index in [1.807, 2.05) is 0 Å². The van der Waals surface area contributed by atoms with E-state index in [2.05, 4.69) is 15.5 Å². The molecular weight excluding hydrogens is 274 g/mol. The molecule has 0 aromatic heterocycles. The van der Waals surface area contributed by atoms with Gasteiger partial charge in [-0.15, -0.1) is 0 Å². The molecule has 0 spiro atoms. The molecule has 0 aliphatic carbocycles. The number of nitrogens with zero attached hydrogens (tertiary/aromatic N) is 2. The van der Waals surface area contributed by atoms with Crippen molar-refractivity contribution < 1.29 is 19.8 Å². The van der Waals surface area contributed by atoms with Crippen LogP contribution in [0.4, 0.5) is 17.1 Å². The predicted molar refractivity (Wildman–Crippen MR) is 75.4 cm³/mol. The van der Waals surface area contributed by atoms with E-state index in [0.717, 1.165) is 0 Å². The fraction of sp³-hybridized carbons (Fsp3) is 0. The third kappa shape index (κ3) is 3.63. The Bertz CT molecular complexity index is 696. The number of rotatable bonds is 5. The van der Waals surface area contributed by atoms with Crippen molar-refractivity contribution in [2.75, 3.05) is 5.32 Å². The Morgan fingerprint density at radius 1 is 1.05 bits per heavy atom. The fourth-order valence-corrected chi connectivity index (χ4v) is 1.57. The van der Waals surface area contributed by atoms with Crippen LogP contribution in [0.3, 0.4) is 0 Å². The smallest absolute Gasteiger partial charge is 0.339 e. The minimum atomic E-state index is -1.24. The second-order valence-corrected chi connectivity index (χ2v) is 4.02. The van der Waals surface area contributed by atoms with Crippen molar-refractivity contribution in [1.82, 2.24) is 0 Å². The minimum absolute atomic E-state index is 0.239. The van der Waals surface area contributed by atoms with Crippen LogP contribution < -0.4 is 5.32 Å². The van der Waals surface area contributed by atoms with Gasteiger partial charge in [-0.3, -0.25) is 4.79 Å². The normalized spacial score (nSPS) is 10.5. The molecule has 2 aromatic carbocycles. The SMILES string of the molecule is O=CNc1ccc(N=Nc2ccc(O)c(C(=O)O)c2)cc1. The van der Waals surface area contributed by atoms with Crippen molar-refractivity contribution in [1.29, 1.82) is 0 Å². The first-order chi connectivity index (χ1) is 10.1. The molecule has 0 bridgehead atoms. The van der Waals surface area contributed by atoms with Gasteiger partial charge in [-0.05, 0) is 42.5 Å². The molecule has 1 amide bonds. The Balaban J connectivity index is 2.19. The molecule has 0 fully saturated rings. The number of aromatic carboxylic acids is 1.